The maximum atomic E-state index is 12.2. The molecule has 122 valence electrons. The lowest BCUT2D eigenvalue weighted by Gasteiger charge is -2.27. The molecule has 0 spiro atoms. The predicted molar refractivity (Wildman–Crippen MR) is 83.9 cm³/mol. The largest absolute Gasteiger partial charge is 0.508 e. The van der Waals surface area contributed by atoms with E-state index in [1.165, 1.54) is 0 Å². The summed E-state index contributed by atoms with van der Waals surface area (Å²) in [5, 5.41) is 25.4. The molecule has 6 nitrogen and oxygen atoms in total. The van der Waals surface area contributed by atoms with Crippen LogP contribution in [0.4, 0.5) is 0 Å². The molecule has 1 aliphatic rings. The molecule has 1 saturated carbocycles. The second-order valence-corrected chi connectivity index (χ2v) is 6.00. The molecular formula is C17H20N2O4. The van der Waals surface area contributed by atoms with E-state index in [1.54, 1.807) is 30.3 Å². The predicted octanol–water partition coefficient (Wildman–Crippen LogP) is 2.33. The zero-order valence-electron chi connectivity index (χ0n) is 12.7. The van der Waals surface area contributed by atoms with Crippen LogP contribution in [0.15, 0.2) is 34.9 Å². The number of phenols is 1. The maximum absolute atomic E-state index is 12.2. The van der Waals surface area contributed by atoms with Crippen molar-refractivity contribution in [2.24, 2.45) is 5.92 Å². The highest BCUT2D eigenvalue weighted by molar-refractivity contribution is 5.93. The first-order valence-corrected chi connectivity index (χ1v) is 7.83. The molecule has 1 aromatic heterocycles. The van der Waals surface area contributed by atoms with Gasteiger partial charge in [-0.05, 0) is 43.7 Å². The van der Waals surface area contributed by atoms with Gasteiger partial charge in [0.1, 0.15) is 5.75 Å². The van der Waals surface area contributed by atoms with Crippen molar-refractivity contribution in [3.05, 3.63) is 36.0 Å². The smallest absolute Gasteiger partial charge is 0.273 e. The molecule has 1 amide bonds. The highest BCUT2D eigenvalue weighted by atomic mass is 16.5. The molecule has 2 aromatic rings. The van der Waals surface area contributed by atoms with Gasteiger partial charge in [0.05, 0.1) is 0 Å². The normalized spacial score (nSPS) is 21.1. The van der Waals surface area contributed by atoms with E-state index in [9.17, 15) is 9.90 Å². The van der Waals surface area contributed by atoms with E-state index in [1.807, 2.05) is 0 Å². The van der Waals surface area contributed by atoms with Crippen molar-refractivity contribution in [2.75, 3.05) is 6.61 Å². The van der Waals surface area contributed by atoms with E-state index >= 15 is 0 Å². The molecule has 1 aliphatic carbocycles. The average Bonchev–Trinajstić information content (AvgIpc) is 3.06. The van der Waals surface area contributed by atoms with Crippen molar-refractivity contribution in [2.45, 2.75) is 31.7 Å². The van der Waals surface area contributed by atoms with Gasteiger partial charge in [-0.3, -0.25) is 4.79 Å². The quantitative estimate of drug-likeness (QED) is 0.804. The number of hydrogen-bond acceptors (Lipinski definition) is 5. The molecule has 1 fully saturated rings. The van der Waals surface area contributed by atoms with Crippen LogP contribution in [-0.2, 0) is 0 Å². The Hall–Kier alpha value is -2.34. The number of rotatable bonds is 4. The molecule has 0 aliphatic heterocycles. The molecule has 1 heterocycles. The first-order valence-electron chi connectivity index (χ1n) is 7.83. The third-order valence-corrected chi connectivity index (χ3v) is 4.31. The number of nitrogens with one attached hydrogen (secondary N) is 1. The summed E-state index contributed by atoms with van der Waals surface area (Å²) >= 11 is 0. The molecule has 0 bridgehead atoms. The van der Waals surface area contributed by atoms with Crippen molar-refractivity contribution in [1.29, 1.82) is 0 Å². The zero-order chi connectivity index (χ0) is 16.2. The van der Waals surface area contributed by atoms with E-state index < -0.39 is 0 Å². The number of hydrogen-bond donors (Lipinski definition) is 3. The number of benzene rings is 1. The van der Waals surface area contributed by atoms with E-state index in [2.05, 4.69) is 10.5 Å². The second-order valence-electron chi connectivity index (χ2n) is 6.00. The molecule has 1 aromatic carbocycles. The highest BCUT2D eigenvalue weighted by Crippen LogP contribution is 2.25. The Morgan fingerprint density at radius 1 is 1.26 bits per heavy atom. The maximum Gasteiger partial charge on any atom is 0.273 e. The van der Waals surface area contributed by atoms with Gasteiger partial charge in [-0.25, -0.2) is 0 Å². The lowest BCUT2D eigenvalue weighted by atomic mass is 9.86. The molecule has 3 rings (SSSR count). The number of aliphatic hydroxyl groups excluding tert-OH is 1. The Labute approximate surface area is 134 Å². The van der Waals surface area contributed by atoms with Gasteiger partial charge in [-0.1, -0.05) is 17.3 Å². The van der Waals surface area contributed by atoms with Crippen molar-refractivity contribution in [3.8, 4) is 17.1 Å². The molecular weight excluding hydrogens is 296 g/mol. The topological polar surface area (TPSA) is 95.6 Å². The van der Waals surface area contributed by atoms with Crippen LogP contribution in [-0.4, -0.2) is 33.9 Å². The zero-order valence-corrected chi connectivity index (χ0v) is 12.7. The number of amides is 1. The molecule has 0 saturated heterocycles. The minimum atomic E-state index is -0.257. The number of aromatic hydroxyl groups is 1. The van der Waals surface area contributed by atoms with Gasteiger partial charge in [-0.15, -0.1) is 0 Å². The number of phenolic OH excluding ortho intramolecular Hbond substituents is 1. The van der Waals surface area contributed by atoms with Gasteiger partial charge in [0.25, 0.3) is 5.91 Å². The third-order valence-electron chi connectivity index (χ3n) is 4.31. The van der Waals surface area contributed by atoms with Crippen molar-refractivity contribution < 1.29 is 19.5 Å². The summed E-state index contributed by atoms with van der Waals surface area (Å²) in [6.45, 7) is 0.219. The van der Waals surface area contributed by atoms with Gasteiger partial charge in [0.2, 0.25) is 0 Å². The summed E-state index contributed by atoms with van der Waals surface area (Å²) in [6.07, 6.45) is 3.59. The van der Waals surface area contributed by atoms with Crippen molar-refractivity contribution in [1.82, 2.24) is 10.5 Å². The van der Waals surface area contributed by atoms with E-state index in [4.69, 9.17) is 9.63 Å². The standard InChI is InChI=1S/C17H20N2O4/c20-10-11-4-6-13(7-5-11)18-17(22)15-9-16(23-19-15)12-2-1-3-14(21)8-12/h1-3,8-9,11,13,20-21H,4-7,10H2,(H,18,22). The summed E-state index contributed by atoms with van der Waals surface area (Å²) in [4.78, 5) is 12.2. The van der Waals surface area contributed by atoms with Crippen LogP contribution in [0.2, 0.25) is 0 Å². The minimum Gasteiger partial charge on any atom is -0.508 e. The number of carbonyl (C=O) groups excluding carboxylic acids is 1. The monoisotopic (exact) mass is 316 g/mol. The van der Waals surface area contributed by atoms with Crippen LogP contribution in [0.3, 0.4) is 0 Å². The molecule has 0 unspecified atom stereocenters. The second kappa shape index (κ2) is 6.83. The van der Waals surface area contributed by atoms with Gasteiger partial charge >= 0.3 is 0 Å². The molecule has 0 radical (unpaired) electrons. The van der Waals surface area contributed by atoms with E-state index in [0.29, 0.717) is 17.2 Å². The van der Waals surface area contributed by atoms with Gasteiger partial charge in [-0.2, -0.15) is 0 Å². The Kier molecular flexibility index (Phi) is 4.62. The highest BCUT2D eigenvalue weighted by Gasteiger charge is 2.23. The van der Waals surface area contributed by atoms with Crippen molar-refractivity contribution in [3.63, 3.8) is 0 Å². The number of aromatic nitrogens is 1. The van der Waals surface area contributed by atoms with E-state index in [-0.39, 0.29) is 30.0 Å². The van der Waals surface area contributed by atoms with Crippen molar-refractivity contribution >= 4 is 5.91 Å². The van der Waals surface area contributed by atoms with Crippen LogP contribution in [0.5, 0.6) is 5.75 Å². The Morgan fingerprint density at radius 2 is 2.04 bits per heavy atom. The van der Waals surface area contributed by atoms with Gasteiger partial charge in [0, 0.05) is 24.3 Å². The lowest BCUT2D eigenvalue weighted by molar-refractivity contribution is 0.0905. The summed E-state index contributed by atoms with van der Waals surface area (Å²) in [5.41, 5.74) is 0.896. The molecule has 6 heteroatoms. The summed E-state index contributed by atoms with van der Waals surface area (Å²) in [7, 11) is 0. The summed E-state index contributed by atoms with van der Waals surface area (Å²) in [5.74, 6) is 0.667. The summed E-state index contributed by atoms with van der Waals surface area (Å²) < 4.78 is 5.20. The van der Waals surface area contributed by atoms with Gasteiger partial charge < -0.3 is 20.1 Å². The fourth-order valence-corrected chi connectivity index (χ4v) is 2.93. The van der Waals surface area contributed by atoms with Gasteiger partial charge in [0.15, 0.2) is 11.5 Å². The average molecular weight is 316 g/mol. The molecule has 23 heavy (non-hydrogen) atoms. The van der Waals surface area contributed by atoms with Crippen LogP contribution in [0, 0.1) is 5.92 Å². The first kappa shape index (κ1) is 15.6. The number of nitrogens with zero attached hydrogens (tertiary/aromatic N) is 1. The lowest BCUT2D eigenvalue weighted by Crippen LogP contribution is -2.38. The van der Waals surface area contributed by atoms with Crippen LogP contribution < -0.4 is 5.32 Å². The summed E-state index contributed by atoms with van der Waals surface area (Å²) in [6, 6.07) is 8.29. The SMILES string of the molecule is O=C(NC1CCC(CO)CC1)c1cc(-c2cccc(O)c2)on1. The van der Waals surface area contributed by atoms with Crippen LogP contribution in [0.1, 0.15) is 36.2 Å². The first-order chi connectivity index (χ1) is 11.2. The minimum absolute atomic E-state index is 0.117. The Morgan fingerprint density at radius 3 is 2.74 bits per heavy atom. The number of carbonyl (C=O) groups is 1. The van der Waals surface area contributed by atoms with Crippen LogP contribution >= 0.6 is 0 Å². The number of aliphatic hydroxyl groups is 1. The Bertz CT molecular complexity index is 675. The van der Waals surface area contributed by atoms with Crippen LogP contribution in [0.25, 0.3) is 11.3 Å². The molecule has 0 atom stereocenters. The Balaban J connectivity index is 1.63. The molecule has 3 N–H and O–H groups in total. The third kappa shape index (κ3) is 3.71. The fourth-order valence-electron chi connectivity index (χ4n) is 2.93. The fraction of sp³-hybridized carbons (Fsp3) is 0.412. The van der Waals surface area contributed by atoms with E-state index in [0.717, 1.165) is 25.7 Å².